The van der Waals surface area contributed by atoms with Crippen molar-refractivity contribution in [3.8, 4) is 0 Å². The Labute approximate surface area is 158 Å². The molecule has 6 nitrogen and oxygen atoms in total. The summed E-state index contributed by atoms with van der Waals surface area (Å²) in [5, 5.41) is 2.62. The van der Waals surface area contributed by atoms with E-state index in [4.69, 9.17) is 4.74 Å². The van der Waals surface area contributed by atoms with E-state index in [1.807, 2.05) is 13.8 Å². The molecule has 0 saturated carbocycles. The third-order valence-corrected chi connectivity index (χ3v) is 5.83. The van der Waals surface area contributed by atoms with E-state index in [9.17, 15) is 13.2 Å². The number of anilines is 1. The molecule has 0 bridgehead atoms. The molecule has 0 saturated heterocycles. The number of carbonyl (C=O) groups is 1. The number of carbonyl (C=O) groups excluding carboxylic acids is 1. The van der Waals surface area contributed by atoms with Crippen LogP contribution in [0.15, 0.2) is 29.2 Å². The van der Waals surface area contributed by atoms with Crippen LogP contribution in [0.4, 0.5) is 10.5 Å². The highest BCUT2D eigenvalue weighted by molar-refractivity contribution is 7.89. The lowest BCUT2D eigenvalue weighted by Gasteiger charge is -2.21. The van der Waals surface area contributed by atoms with Gasteiger partial charge in [-0.25, -0.2) is 13.2 Å². The van der Waals surface area contributed by atoms with Gasteiger partial charge in [0.1, 0.15) is 0 Å². The number of nitrogens with zero attached hydrogens (tertiary/aromatic N) is 1. The summed E-state index contributed by atoms with van der Waals surface area (Å²) in [6.45, 7) is 7.43. The van der Waals surface area contributed by atoms with E-state index >= 15 is 0 Å². The molecule has 0 fully saturated rings. The molecule has 0 atom stereocenters. The fourth-order valence-electron chi connectivity index (χ4n) is 2.56. The maximum atomic E-state index is 12.7. The summed E-state index contributed by atoms with van der Waals surface area (Å²) in [6, 6.07) is 6.21. The number of benzene rings is 1. The van der Waals surface area contributed by atoms with Crippen molar-refractivity contribution in [1.82, 2.24) is 4.31 Å². The lowest BCUT2D eigenvalue weighted by Crippen LogP contribution is -2.32. The summed E-state index contributed by atoms with van der Waals surface area (Å²) < 4.78 is 32.0. The first-order valence-electron chi connectivity index (χ1n) is 9.49. The molecule has 0 aliphatic rings. The zero-order chi connectivity index (χ0) is 19.4. The first-order chi connectivity index (χ1) is 12.5. The predicted molar refractivity (Wildman–Crippen MR) is 105 cm³/mol. The molecule has 26 heavy (non-hydrogen) atoms. The molecule has 0 heterocycles. The topological polar surface area (TPSA) is 75.7 Å². The standard InChI is InChI=1S/C19H32N2O4S/c1-4-7-8-9-16-25-19(22)20-17-10-12-18(13-11-17)26(23,24)21(14-5-2)15-6-3/h10-13H,4-9,14-16H2,1-3H3,(H,20,22). The SMILES string of the molecule is CCCCCCOC(=O)Nc1ccc(S(=O)(=O)N(CCC)CCC)cc1. The fraction of sp³-hybridized carbons (Fsp3) is 0.632. The van der Waals surface area contributed by atoms with Gasteiger partial charge in [-0.2, -0.15) is 4.31 Å². The molecule has 0 spiro atoms. The van der Waals surface area contributed by atoms with Crippen LogP contribution in [0.25, 0.3) is 0 Å². The van der Waals surface area contributed by atoms with Crippen molar-refractivity contribution >= 4 is 21.8 Å². The van der Waals surface area contributed by atoms with Crippen LogP contribution in [0.5, 0.6) is 0 Å². The first-order valence-corrected chi connectivity index (χ1v) is 10.9. The molecule has 1 aromatic carbocycles. The molecule has 148 valence electrons. The minimum atomic E-state index is -3.50. The molecular weight excluding hydrogens is 352 g/mol. The molecule has 0 aromatic heterocycles. The average molecular weight is 385 g/mol. The number of rotatable bonds is 12. The summed E-state index contributed by atoms with van der Waals surface area (Å²) in [4.78, 5) is 12.0. The van der Waals surface area contributed by atoms with Crippen molar-refractivity contribution in [3.63, 3.8) is 0 Å². The van der Waals surface area contributed by atoms with Gasteiger partial charge in [-0.15, -0.1) is 0 Å². The summed E-state index contributed by atoms with van der Waals surface area (Å²) in [5.74, 6) is 0. The van der Waals surface area contributed by atoms with Crippen LogP contribution >= 0.6 is 0 Å². The molecule has 7 heteroatoms. The lowest BCUT2D eigenvalue weighted by molar-refractivity contribution is 0.159. The van der Waals surface area contributed by atoms with Gasteiger partial charge in [-0.3, -0.25) is 5.32 Å². The Kier molecular flexibility index (Phi) is 10.3. The Balaban J connectivity index is 2.63. The Morgan fingerprint density at radius 2 is 1.58 bits per heavy atom. The Morgan fingerprint density at radius 1 is 0.962 bits per heavy atom. The number of ether oxygens (including phenoxy) is 1. The van der Waals surface area contributed by atoms with Crippen molar-refractivity contribution in [2.75, 3.05) is 25.0 Å². The lowest BCUT2D eigenvalue weighted by atomic mass is 10.2. The first kappa shape index (κ1) is 22.4. The van der Waals surface area contributed by atoms with Gasteiger partial charge in [0.2, 0.25) is 10.0 Å². The maximum absolute atomic E-state index is 12.7. The average Bonchev–Trinajstić information content (AvgIpc) is 2.62. The molecule has 0 aliphatic carbocycles. The molecule has 0 unspecified atom stereocenters. The second kappa shape index (κ2) is 11.9. The van der Waals surface area contributed by atoms with E-state index in [0.717, 1.165) is 38.5 Å². The van der Waals surface area contributed by atoms with Crippen LogP contribution in [-0.2, 0) is 14.8 Å². The maximum Gasteiger partial charge on any atom is 0.411 e. The Bertz CT molecular complexity index is 623. The highest BCUT2D eigenvalue weighted by Crippen LogP contribution is 2.19. The molecular formula is C19H32N2O4S. The largest absolute Gasteiger partial charge is 0.449 e. The Hall–Kier alpha value is -1.60. The van der Waals surface area contributed by atoms with Gasteiger partial charge in [0, 0.05) is 18.8 Å². The van der Waals surface area contributed by atoms with Crippen LogP contribution in [-0.4, -0.2) is 38.5 Å². The zero-order valence-corrected chi connectivity index (χ0v) is 17.0. The van der Waals surface area contributed by atoms with Gasteiger partial charge in [-0.05, 0) is 43.5 Å². The van der Waals surface area contributed by atoms with E-state index in [2.05, 4.69) is 12.2 Å². The van der Waals surface area contributed by atoms with Crippen LogP contribution in [0.1, 0.15) is 59.3 Å². The highest BCUT2D eigenvalue weighted by Gasteiger charge is 2.22. The Morgan fingerprint density at radius 3 is 2.12 bits per heavy atom. The van der Waals surface area contributed by atoms with Gasteiger partial charge >= 0.3 is 6.09 Å². The number of nitrogens with one attached hydrogen (secondary N) is 1. The van der Waals surface area contributed by atoms with Crippen LogP contribution in [0.2, 0.25) is 0 Å². The van der Waals surface area contributed by atoms with Gasteiger partial charge in [0.25, 0.3) is 0 Å². The van der Waals surface area contributed by atoms with E-state index in [-0.39, 0.29) is 4.90 Å². The van der Waals surface area contributed by atoms with Crippen molar-refractivity contribution in [1.29, 1.82) is 0 Å². The van der Waals surface area contributed by atoms with E-state index in [1.165, 1.54) is 16.4 Å². The summed E-state index contributed by atoms with van der Waals surface area (Å²) in [7, 11) is -3.50. The van der Waals surface area contributed by atoms with E-state index in [0.29, 0.717) is 25.4 Å². The monoisotopic (exact) mass is 384 g/mol. The molecule has 1 rings (SSSR count). The molecule has 0 radical (unpaired) electrons. The number of hydrogen-bond donors (Lipinski definition) is 1. The van der Waals surface area contributed by atoms with E-state index < -0.39 is 16.1 Å². The van der Waals surface area contributed by atoms with Crippen LogP contribution in [0, 0.1) is 0 Å². The fourth-order valence-corrected chi connectivity index (χ4v) is 4.18. The summed E-state index contributed by atoms with van der Waals surface area (Å²) >= 11 is 0. The van der Waals surface area contributed by atoms with Crippen molar-refractivity contribution in [3.05, 3.63) is 24.3 Å². The number of amides is 1. The number of sulfonamides is 1. The van der Waals surface area contributed by atoms with Gasteiger partial charge in [0.05, 0.1) is 11.5 Å². The normalized spacial score (nSPS) is 11.5. The number of unbranched alkanes of at least 4 members (excludes halogenated alkanes) is 3. The summed E-state index contributed by atoms with van der Waals surface area (Å²) in [6.07, 6.45) is 5.18. The summed E-state index contributed by atoms with van der Waals surface area (Å²) in [5.41, 5.74) is 0.514. The molecule has 1 aromatic rings. The van der Waals surface area contributed by atoms with Crippen molar-refractivity contribution in [2.45, 2.75) is 64.2 Å². The second-order valence-electron chi connectivity index (χ2n) is 6.25. The zero-order valence-electron chi connectivity index (χ0n) is 16.2. The highest BCUT2D eigenvalue weighted by atomic mass is 32.2. The van der Waals surface area contributed by atoms with Gasteiger partial charge in [-0.1, -0.05) is 40.0 Å². The number of hydrogen-bond acceptors (Lipinski definition) is 4. The van der Waals surface area contributed by atoms with Crippen molar-refractivity contribution in [2.24, 2.45) is 0 Å². The third kappa shape index (κ3) is 7.33. The third-order valence-electron chi connectivity index (χ3n) is 3.92. The predicted octanol–water partition coefficient (Wildman–Crippen LogP) is 4.63. The quantitative estimate of drug-likeness (QED) is 0.533. The van der Waals surface area contributed by atoms with E-state index in [1.54, 1.807) is 12.1 Å². The smallest absolute Gasteiger partial charge is 0.411 e. The van der Waals surface area contributed by atoms with Crippen LogP contribution < -0.4 is 5.32 Å². The van der Waals surface area contributed by atoms with Crippen molar-refractivity contribution < 1.29 is 17.9 Å². The van der Waals surface area contributed by atoms with Gasteiger partial charge in [0.15, 0.2) is 0 Å². The molecule has 1 amide bonds. The minimum absolute atomic E-state index is 0.234. The van der Waals surface area contributed by atoms with Crippen LogP contribution in [0.3, 0.4) is 0 Å². The second-order valence-corrected chi connectivity index (χ2v) is 8.19. The minimum Gasteiger partial charge on any atom is -0.449 e. The molecule has 0 aliphatic heterocycles. The molecule has 1 N–H and O–H groups in total. The van der Waals surface area contributed by atoms with Gasteiger partial charge < -0.3 is 4.74 Å².